The molecule has 0 aromatic heterocycles. The minimum Gasteiger partial charge on any atom is -0.462 e. The summed E-state index contributed by atoms with van der Waals surface area (Å²) in [6.45, 7) is 6.64. The van der Waals surface area contributed by atoms with Crippen LogP contribution in [0, 0.1) is 0 Å². The molecule has 0 bridgehead atoms. The molecule has 6 nitrogen and oxygen atoms in total. The van der Waals surface area contributed by atoms with Crippen LogP contribution in [-0.2, 0) is 28.6 Å². The smallest absolute Gasteiger partial charge is 0.306 e. The molecule has 6 heteroatoms. The highest BCUT2D eigenvalue weighted by Crippen LogP contribution is 2.19. The zero-order valence-corrected chi connectivity index (χ0v) is 54.4. The number of esters is 3. The third kappa shape index (κ3) is 66.7. The van der Waals surface area contributed by atoms with Gasteiger partial charge in [0.15, 0.2) is 6.10 Å². The van der Waals surface area contributed by atoms with Gasteiger partial charge in [0.2, 0.25) is 0 Å². The fourth-order valence-corrected chi connectivity index (χ4v) is 11.3. The molecule has 0 rings (SSSR count). The molecule has 0 aliphatic rings. The second-order valence-electron chi connectivity index (χ2n) is 24.9. The van der Waals surface area contributed by atoms with Crippen molar-refractivity contribution in [2.24, 2.45) is 0 Å². The van der Waals surface area contributed by atoms with Gasteiger partial charge in [-0.3, -0.25) is 14.4 Å². The first-order valence-corrected chi connectivity index (χ1v) is 36.3. The molecule has 0 saturated heterocycles. The summed E-state index contributed by atoms with van der Waals surface area (Å²) >= 11 is 0. The summed E-state index contributed by atoms with van der Waals surface area (Å²) in [5.41, 5.74) is 0. The van der Waals surface area contributed by atoms with Crippen molar-refractivity contribution in [2.75, 3.05) is 13.2 Å². The molecule has 472 valence electrons. The Kier molecular flexibility index (Phi) is 67.6. The lowest BCUT2D eigenvalue weighted by Crippen LogP contribution is -2.30. The summed E-state index contributed by atoms with van der Waals surface area (Å²) in [4.78, 5) is 38.3. The topological polar surface area (TPSA) is 78.9 Å². The highest BCUT2D eigenvalue weighted by Gasteiger charge is 2.19. The van der Waals surface area contributed by atoms with Gasteiger partial charge >= 0.3 is 17.9 Å². The average Bonchev–Trinajstić information content (AvgIpc) is 3.46. The summed E-state index contributed by atoms with van der Waals surface area (Å²) in [5.74, 6) is -0.854. The van der Waals surface area contributed by atoms with E-state index in [2.05, 4.69) is 45.1 Å². The summed E-state index contributed by atoms with van der Waals surface area (Å²) in [5, 5.41) is 0. The number of rotatable bonds is 68. The Balaban J connectivity index is 4.06. The number of unbranched alkanes of at least 4 members (excludes halogenated alkanes) is 53. The predicted octanol–water partition coefficient (Wildman–Crippen LogP) is 25.0. The Morgan fingerprint density at radius 2 is 0.475 bits per heavy atom. The SMILES string of the molecule is CCC/C=C\C/C=C\CCCCCCCC(=O)OCC(COC(=O)CCCCCCCCCCCCCCCCCCCCCCCCCCCCCCCCCCC)OC(=O)CCCCCCCCCCCCCCCCCC. The lowest BCUT2D eigenvalue weighted by Gasteiger charge is -2.18. The maximum atomic E-state index is 12.9. The molecule has 0 radical (unpaired) electrons. The number of hydrogen-bond donors (Lipinski definition) is 0. The maximum absolute atomic E-state index is 12.9. The van der Waals surface area contributed by atoms with Crippen LogP contribution in [0.25, 0.3) is 0 Å². The van der Waals surface area contributed by atoms with Crippen LogP contribution in [0.1, 0.15) is 412 Å². The Hall–Kier alpha value is -2.11. The van der Waals surface area contributed by atoms with Crippen molar-refractivity contribution in [1.29, 1.82) is 0 Å². The Labute approximate surface area is 500 Å². The van der Waals surface area contributed by atoms with E-state index >= 15 is 0 Å². The predicted molar refractivity (Wildman–Crippen MR) is 349 cm³/mol. The van der Waals surface area contributed by atoms with Crippen LogP contribution in [0.2, 0.25) is 0 Å². The fourth-order valence-electron chi connectivity index (χ4n) is 11.3. The highest BCUT2D eigenvalue weighted by atomic mass is 16.6. The van der Waals surface area contributed by atoms with E-state index in [4.69, 9.17) is 14.2 Å². The lowest BCUT2D eigenvalue weighted by molar-refractivity contribution is -0.167. The van der Waals surface area contributed by atoms with E-state index < -0.39 is 6.10 Å². The molecule has 80 heavy (non-hydrogen) atoms. The Bertz CT molecular complexity index is 1290. The Morgan fingerprint density at radius 3 is 0.738 bits per heavy atom. The van der Waals surface area contributed by atoms with E-state index in [0.717, 1.165) is 83.5 Å². The van der Waals surface area contributed by atoms with E-state index in [1.54, 1.807) is 0 Å². The van der Waals surface area contributed by atoms with Gasteiger partial charge in [-0.1, -0.05) is 373 Å². The average molecular weight is 1130 g/mol. The van der Waals surface area contributed by atoms with Gasteiger partial charge in [0.05, 0.1) is 0 Å². The van der Waals surface area contributed by atoms with Crippen LogP contribution in [0.15, 0.2) is 24.3 Å². The molecule has 0 spiro atoms. The van der Waals surface area contributed by atoms with E-state index in [0.29, 0.717) is 19.3 Å². The first kappa shape index (κ1) is 77.9. The van der Waals surface area contributed by atoms with Gasteiger partial charge < -0.3 is 14.2 Å². The van der Waals surface area contributed by atoms with Crippen molar-refractivity contribution in [2.45, 2.75) is 419 Å². The molecule has 1 atom stereocenters. The van der Waals surface area contributed by atoms with Gasteiger partial charge in [-0.05, 0) is 44.9 Å². The molecule has 0 amide bonds. The highest BCUT2D eigenvalue weighted by molar-refractivity contribution is 5.71. The van der Waals surface area contributed by atoms with Gasteiger partial charge in [-0.15, -0.1) is 0 Å². The molecule has 0 fully saturated rings. The minimum atomic E-state index is -0.773. The molecule has 0 aliphatic heterocycles. The number of carbonyl (C=O) groups is 3. The minimum absolute atomic E-state index is 0.0695. The monoisotopic (exact) mass is 1130 g/mol. The molecular weight excluding hydrogens is 985 g/mol. The van der Waals surface area contributed by atoms with Crippen LogP contribution in [0.3, 0.4) is 0 Å². The van der Waals surface area contributed by atoms with Gasteiger partial charge in [0, 0.05) is 19.3 Å². The zero-order chi connectivity index (χ0) is 57.8. The second-order valence-corrected chi connectivity index (χ2v) is 24.9. The molecule has 1 unspecified atom stereocenters. The van der Waals surface area contributed by atoms with Gasteiger partial charge in [-0.2, -0.15) is 0 Å². The van der Waals surface area contributed by atoms with Crippen molar-refractivity contribution in [3.05, 3.63) is 24.3 Å². The van der Waals surface area contributed by atoms with Crippen molar-refractivity contribution in [1.82, 2.24) is 0 Å². The van der Waals surface area contributed by atoms with Gasteiger partial charge in [-0.25, -0.2) is 0 Å². The first-order chi connectivity index (χ1) is 39.5. The fraction of sp³-hybridized carbons (Fsp3) is 0.905. The number of allylic oxidation sites excluding steroid dienone is 4. The summed E-state index contributed by atoms with van der Waals surface area (Å²) in [7, 11) is 0. The largest absolute Gasteiger partial charge is 0.462 e. The van der Waals surface area contributed by atoms with Crippen molar-refractivity contribution >= 4 is 17.9 Å². The zero-order valence-electron chi connectivity index (χ0n) is 54.4. The first-order valence-electron chi connectivity index (χ1n) is 36.3. The van der Waals surface area contributed by atoms with Crippen molar-refractivity contribution in [3.63, 3.8) is 0 Å². The maximum Gasteiger partial charge on any atom is 0.306 e. The van der Waals surface area contributed by atoms with E-state index in [9.17, 15) is 14.4 Å². The van der Waals surface area contributed by atoms with Crippen LogP contribution in [0.5, 0.6) is 0 Å². The molecule has 0 saturated carbocycles. The van der Waals surface area contributed by atoms with Crippen molar-refractivity contribution in [3.8, 4) is 0 Å². The molecular formula is C74H140O6. The van der Waals surface area contributed by atoms with Crippen LogP contribution in [-0.4, -0.2) is 37.2 Å². The second kappa shape index (κ2) is 69.4. The van der Waals surface area contributed by atoms with Crippen molar-refractivity contribution < 1.29 is 28.6 Å². The standard InChI is InChI=1S/C74H140O6/c1-4-7-10-13-16-19-22-25-27-29-30-31-32-33-34-35-36-37-38-39-40-41-42-43-44-45-47-49-52-55-58-61-64-67-73(76)79-70-71(69-78-72(75)66-63-60-57-54-51-48-24-21-18-15-12-9-6-3)80-74(77)68-65-62-59-56-53-50-46-28-26-23-20-17-14-11-8-5-2/h12,15,21,24,71H,4-11,13-14,16-20,22-23,25-70H2,1-3H3/b15-12-,24-21-. The third-order valence-corrected chi connectivity index (χ3v) is 16.7. The van der Waals surface area contributed by atoms with E-state index in [1.165, 1.54) is 289 Å². The quantitative estimate of drug-likeness (QED) is 0.0261. The summed E-state index contributed by atoms with van der Waals surface area (Å²) in [6.07, 6.45) is 85.2. The lowest BCUT2D eigenvalue weighted by atomic mass is 10.0. The summed E-state index contributed by atoms with van der Waals surface area (Å²) < 4.78 is 17.0. The number of hydrogen-bond acceptors (Lipinski definition) is 6. The molecule has 0 aromatic rings. The third-order valence-electron chi connectivity index (χ3n) is 16.7. The van der Waals surface area contributed by atoms with Crippen LogP contribution >= 0.6 is 0 Å². The van der Waals surface area contributed by atoms with Gasteiger partial charge in [0.1, 0.15) is 13.2 Å². The summed E-state index contributed by atoms with van der Waals surface area (Å²) in [6, 6.07) is 0. The number of carbonyl (C=O) groups excluding carboxylic acids is 3. The van der Waals surface area contributed by atoms with E-state index in [1.807, 2.05) is 0 Å². The molecule has 0 aliphatic carbocycles. The number of ether oxygens (including phenoxy) is 3. The van der Waals surface area contributed by atoms with Crippen LogP contribution in [0.4, 0.5) is 0 Å². The van der Waals surface area contributed by atoms with Crippen LogP contribution < -0.4 is 0 Å². The molecule has 0 aromatic carbocycles. The Morgan fingerprint density at radius 1 is 0.250 bits per heavy atom. The normalized spacial score (nSPS) is 12.1. The molecule has 0 N–H and O–H groups in total. The van der Waals surface area contributed by atoms with Gasteiger partial charge in [0.25, 0.3) is 0 Å². The molecule has 0 heterocycles. The van der Waals surface area contributed by atoms with E-state index in [-0.39, 0.29) is 31.1 Å².